The number of amides is 1. The van der Waals surface area contributed by atoms with Gasteiger partial charge in [-0.05, 0) is 70.6 Å². The van der Waals surface area contributed by atoms with E-state index in [2.05, 4.69) is 62.5 Å². The highest BCUT2D eigenvalue weighted by Gasteiger charge is 2.24. The molecule has 0 aromatic carbocycles. The molecule has 0 saturated carbocycles. The molecular formula is C53H99NO5. The molecular weight excluding hydrogens is 731 g/mol. The molecule has 0 rings (SSSR count). The largest absolute Gasteiger partial charge is 0.462 e. The van der Waals surface area contributed by atoms with Gasteiger partial charge < -0.3 is 20.3 Å². The lowest BCUT2D eigenvalue weighted by molar-refractivity contribution is -0.151. The summed E-state index contributed by atoms with van der Waals surface area (Å²) in [6, 6.07) is -0.714. The fourth-order valence-corrected chi connectivity index (χ4v) is 7.77. The molecule has 59 heavy (non-hydrogen) atoms. The van der Waals surface area contributed by atoms with Crippen LogP contribution in [0.3, 0.4) is 0 Å². The number of rotatable bonds is 46. The van der Waals surface area contributed by atoms with E-state index in [1.165, 1.54) is 154 Å². The molecule has 3 N–H and O–H groups in total. The van der Waals surface area contributed by atoms with E-state index in [0.29, 0.717) is 19.3 Å². The topological polar surface area (TPSA) is 95.9 Å². The number of hydrogen-bond acceptors (Lipinski definition) is 5. The molecule has 346 valence electrons. The maximum absolute atomic E-state index is 13.2. The number of nitrogens with one attached hydrogen (secondary N) is 1. The Kier molecular flexibility index (Phi) is 45.6. The monoisotopic (exact) mass is 830 g/mol. The van der Waals surface area contributed by atoms with Gasteiger partial charge in [0.15, 0.2) is 0 Å². The molecule has 6 heteroatoms. The molecule has 0 aliphatic heterocycles. The van der Waals surface area contributed by atoms with Crippen molar-refractivity contribution in [3.05, 3.63) is 36.5 Å². The Morgan fingerprint density at radius 3 is 1.34 bits per heavy atom. The molecule has 0 spiro atoms. The molecule has 3 unspecified atom stereocenters. The molecule has 0 aliphatic rings. The average molecular weight is 830 g/mol. The first-order chi connectivity index (χ1) is 29.0. The zero-order chi connectivity index (χ0) is 43.1. The Bertz CT molecular complexity index is 977. The third kappa shape index (κ3) is 42.6. The summed E-state index contributed by atoms with van der Waals surface area (Å²) in [5.74, 6) is -0.524. The number of allylic oxidation sites excluding steroid dienone is 6. The smallest absolute Gasteiger partial charge is 0.306 e. The van der Waals surface area contributed by atoms with E-state index in [4.69, 9.17) is 4.74 Å². The van der Waals surface area contributed by atoms with E-state index in [9.17, 15) is 19.8 Å². The lowest BCUT2D eigenvalue weighted by Gasteiger charge is -2.24. The molecule has 0 radical (unpaired) electrons. The summed E-state index contributed by atoms with van der Waals surface area (Å²) in [7, 11) is 0. The second kappa shape index (κ2) is 47.1. The summed E-state index contributed by atoms with van der Waals surface area (Å²) in [5, 5.41) is 23.7. The first-order valence-corrected chi connectivity index (χ1v) is 25.7. The first-order valence-electron chi connectivity index (χ1n) is 25.7. The molecule has 0 aromatic rings. The summed E-state index contributed by atoms with van der Waals surface area (Å²) in [6.07, 6.45) is 55.0. The predicted octanol–water partition coefficient (Wildman–Crippen LogP) is 15.3. The van der Waals surface area contributed by atoms with Crippen molar-refractivity contribution in [3.8, 4) is 0 Å². The van der Waals surface area contributed by atoms with Crippen LogP contribution in [0, 0.1) is 0 Å². The Hall–Kier alpha value is -1.92. The van der Waals surface area contributed by atoms with Crippen molar-refractivity contribution >= 4 is 11.9 Å². The van der Waals surface area contributed by atoms with Gasteiger partial charge in [-0.2, -0.15) is 0 Å². The maximum atomic E-state index is 13.2. The molecule has 0 heterocycles. The molecule has 0 aromatic heterocycles. The third-order valence-corrected chi connectivity index (χ3v) is 11.7. The second-order valence-electron chi connectivity index (χ2n) is 17.6. The standard InChI is InChI=1S/C53H99NO5/c1-4-7-10-13-16-19-22-24-26-27-29-31-34-37-40-43-46-53(58)59-49(44-41-38-35-32-30-28-25-23-20-17-14-11-8-5-2)47-52(57)54-50(48-55)51(56)45-42-39-36-33-21-18-15-12-9-6-3/h26-28,30,32,35,49-51,55-56H,4-25,29,31,33-34,36-48H2,1-3H3,(H,54,57)/b27-26+,30-28+,35-32+. The van der Waals surface area contributed by atoms with Gasteiger partial charge in [-0.1, -0.05) is 218 Å². The van der Waals surface area contributed by atoms with Gasteiger partial charge >= 0.3 is 5.97 Å². The Morgan fingerprint density at radius 1 is 0.492 bits per heavy atom. The molecule has 0 saturated heterocycles. The maximum Gasteiger partial charge on any atom is 0.306 e. The number of carbonyl (C=O) groups excluding carboxylic acids is 2. The van der Waals surface area contributed by atoms with Crippen LogP contribution in [0.25, 0.3) is 0 Å². The number of esters is 1. The lowest BCUT2D eigenvalue weighted by atomic mass is 10.0. The molecule has 3 atom stereocenters. The fraction of sp³-hybridized carbons (Fsp3) is 0.849. The van der Waals surface area contributed by atoms with E-state index in [1.54, 1.807) is 0 Å². The number of hydrogen-bond donors (Lipinski definition) is 3. The Morgan fingerprint density at radius 2 is 0.881 bits per heavy atom. The van der Waals surface area contributed by atoms with Gasteiger partial charge in [0.1, 0.15) is 6.10 Å². The lowest BCUT2D eigenvalue weighted by Crippen LogP contribution is -2.46. The van der Waals surface area contributed by atoms with Crippen LogP contribution in [0.5, 0.6) is 0 Å². The highest BCUT2D eigenvalue weighted by molar-refractivity contribution is 5.77. The summed E-state index contributed by atoms with van der Waals surface area (Å²) >= 11 is 0. The normalized spacial score (nSPS) is 13.5. The molecule has 6 nitrogen and oxygen atoms in total. The van der Waals surface area contributed by atoms with Crippen molar-refractivity contribution < 1.29 is 24.5 Å². The summed E-state index contributed by atoms with van der Waals surface area (Å²) < 4.78 is 5.90. The van der Waals surface area contributed by atoms with E-state index in [1.807, 2.05) is 0 Å². The zero-order valence-corrected chi connectivity index (χ0v) is 39.4. The second-order valence-corrected chi connectivity index (χ2v) is 17.6. The van der Waals surface area contributed by atoms with Crippen molar-refractivity contribution in [2.75, 3.05) is 6.61 Å². The summed E-state index contributed by atoms with van der Waals surface area (Å²) in [5.41, 5.74) is 0. The van der Waals surface area contributed by atoms with Gasteiger partial charge in [0, 0.05) is 6.42 Å². The SMILES string of the molecule is CCCCCCCCC/C=C/C=C/CCCC(CC(=O)NC(CO)C(O)CCCCCCCCCCCC)OC(=O)CCCCCCC/C=C/CCCCCCCCC. The van der Waals surface area contributed by atoms with Crippen LogP contribution in [-0.2, 0) is 14.3 Å². The van der Waals surface area contributed by atoms with Crippen LogP contribution in [0.2, 0.25) is 0 Å². The van der Waals surface area contributed by atoms with Crippen molar-refractivity contribution in [2.24, 2.45) is 0 Å². The van der Waals surface area contributed by atoms with Gasteiger partial charge in [0.25, 0.3) is 0 Å². The van der Waals surface area contributed by atoms with Crippen LogP contribution >= 0.6 is 0 Å². The number of aliphatic hydroxyl groups is 2. The van der Waals surface area contributed by atoms with E-state index < -0.39 is 18.2 Å². The van der Waals surface area contributed by atoms with Gasteiger partial charge in [0.2, 0.25) is 5.91 Å². The molecule has 1 amide bonds. The third-order valence-electron chi connectivity index (χ3n) is 11.7. The van der Waals surface area contributed by atoms with Crippen LogP contribution in [-0.4, -0.2) is 46.9 Å². The van der Waals surface area contributed by atoms with Crippen molar-refractivity contribution in [2.45, 2.75) is 283 Å². The highest BCUT2D eigenvalue weighted by Crippen LogP contribution is 2.17. The minimum Gasteiger partial charge on any atom is -0.462 e. The van der Waals surface area contributed by atoms with Crippen molar-refractivity contribution in [3.63, 3.8) is 0 Å². The minimum absolute atomic E-state index is 0.0434. The zero-order valence-electron chi connectivity index (χ0n) is 39.4. The quantitative estimate of drug-likeness (QED) is 0.0246. The highest BCUT2D eigenvalue weighted by atomic mass is 16.5. The molecule has 0 bridgehead atoms. The summed E-state index contributed by atoms with van der Waals surface area (Å²) in [6.45, 7) is 6.45. The van der Waals surface area contributed by atoms with E-state index in [-0.39, 0.29) is 24.9 Å². The predicted molar refractivity (Wildman–Crippen MR) is 255 cm³/mol. The number of unbranched alkanes of at least 4 members (excludes halogenated alkanes) is 29. The minimum atomic E-state index is -0.797. The van der Waals surface area contributed by atoms with E-state index in [0.717, 1.165) is 64.2 Å². The molecule has 0 aliphatic carbocycles. The number of aliphatic hydroxyl groups excluding tert-OH is 2. The van der Waals surface area contributed by atoms with Crippen LogP contribution in [0.4, 0.5) is 0 Å². The van der Waals surface area contributed by atoms with E-state index >= 15 is 0 Å². The van der Waals surface area contributed by atoms with Gasteiger partial charge in [-0.25, -0.2) is 0 Å². The van der Waals surface area contributed by atoms with Crippen LogP contribution < -0.4 is 5.32 Å². The Balaban J connectivity index is 4.64. The van der Waals surface area contributed by atoms with Crippen LogP contribution in [0.15, 0.2) is 36.5 Å². The molecule has 0 fully saturated rings. The van der Waals surface area contributed by atoms with Crippen molar-refractivity contribution in [1.82, 2.24) is 5.32 Å². The summed E-state index contributed by atoms with van der Waals surface area (Å²) in [4.78, 5) is 26.1. The van der Waals surface area contributed by atoms with Gasteiger partial charge in [-0.3, -0.25) is 9.59 Å². The van der Waals surface area contributed by atoms with Crippen LogP contribution in [0.1, 0.15) is 265 Å². The van der Waals surface area contributed by atoms with Gasteiger partial charge in [0.05, 0.1) is 25.2 Å². The average Bonchev–Trinajstić information content (AvgIpc) is 3.23. The first kappa shape index (κ1) is 57.1. The Labute approximate surface area is 366 Å². The van der Waals surface area contributed by atoms with Gasteiger partial charge in [-0.15, -0.1) is 0 Å². The number of carbonyl (C=O) groups is 2. The fourth-order valence-electron chi connectivity index (χ4n) is 7.77. The number of ether oxygens (including phenoxy) is 1. The van der Waals surface area contributed by atoms with Crippen molar-refractivity contribution in [1.29, 1.82) is 0 Å².